The van der Waals surface area contributed by atoms with E-state index in [0.29, 0.717) is 0 Å². The summed E-state index contributed by atoms with van der Waals surface area (Å²) in [6, 6.07) is 10.8. The predicted octanol–water partition coefficient (Wildman–Crippen LogP) is 5.44. The molecule has 0 spiro atoms. The molecule has 124 valence electrons. The van der Waals surface area contributed by atoms with Gasteiger partial charge in [-0.1, -0.05) is 6.92 Å². The van der Waals surface area contributed by atoms with Crippen molar-refractivity contribution in [2.75, 3.05) is 12.4 Å². The molecular weight excluding hydrogens is 316 g/mol. The lowest BCUT2D eigenvalue weighted by Gasteiger charge is -2.14. The molecule has 1 aromatic carbocycles. The molecule has 0 saturated heterocycles. The Kier molecular flexibility index (Phi) is 4.23. The van der Waals surface area contributed by atoms with E-state index in [9.17, 15) is 0 Å². The quantitative estimate of drug-likeness (QED) is 0.608. The highest BCUT2D eigenvalue weighted by molar-refractivity contribution is 7.99. The van der Waals surface area contributed by atoms with Gasteiger partial charge in [-0.3, -0.25) is 0 Å². The summed E-state index contributed by atoms with van der Waals surface area (Å²) in [5.41, 5.74) is 4.32. The molecule has 0 unspecified atom stereocenters. The van der Waals surface area contributed by atoms with Crippen LogP contribution in [0, 0.1) is 12.8 Å². The van der Waals surface area contributed by atoms with E-state index in [2.05, 4.69) is 47.2 Å². The molecule has 1 aliphatic carbocycles. The molecule has 0 atom stereocenters. The molecule has 2 heterocycles. The number of hydrogen-bond acceptors (Lipinski definition) is 3. The van der Waals surface area contributed by atoms with Crippen molar-refractivity contribution >= 4 is 22.8 Å². The molecule has 24 heavy (non-hydrogen) atoms. The van der Waals surface area contributed by atoms with Gasteiger partial charge in [0.15, 0.2) is 0 Å². The van der Waals surface area contributed by atoms with Crippen molar-refractivity contribution in [1.82, 2.24) is 9.97 Å². The van der Waals surface area contributed by atoms with Crippen LogP contribution in [0.15, 0.2) is 41.4 Å². The Morgan fingerprint density at radius 1 is 1.21 bits per heavy atom. The monoisotopic (exact) mass is 338 g/mol. The molecule has 1 saturated carbocycles. The summed E-state index contributed by atoms with van der Waals surface area (Å²) in [6.07, 6.45) is 4.56. The topological polar surface area (TPSA) is 37.9 Å². The van der Waals surface area contributed by atoms with Gasteiger partial charge < -0.3 is 9.72 Å². The summed E-state index contributed by atoms with van der Waals surface area (Å²) < 4.78 is 6.17. The number of ether oxygens (including phenoxy) is 1. The van der Waals surface area contributed by atoms with Crippen molar-refractivity contribution < 1.29 is 4.74 Å². The van der Waals surface area contributed by atoms with Crippen LogP contribution in [0.3, 0.4) is 0 Å². The minimum Gasteiger partial charge on any atom is -0.493 e. The molecule has 4 heteroatoms. The van der Waals surface area contributed by atoms with Crippen LogP contribution in [0.2, 0.25) is 0 Å². The Hall–Kier alpha value is -1.94. The summed E-state index contributed by atoms with van der Waals surface area (Å²) in [5, 5.41) is 1.15. The Bertz CT molecular complexity index is 867. The van der Waals surface area contributed by atoms with E-state index in [1.807, 2.05) is 24.9 Å². The second kappa shape index (κ2) is 6.52. The number of benzene rings is 1. The van der Waals surface area contributed by atoms with Gasteiger partial charge in [0.1, 0.15) is 11.4 Å². The van der Waals surface area contributed by atoms with E-state index in [1.54, 1.807) is 0 Å². The zero-order valence-corrected chi connectivity index (χ0v) is 15.0. The SMILES string of the molecule is CCSc1ccc(OCC2CC2)c(-c2cc(C)nc3[nH]ccc23)c1. The van der Waals surface area contributed by atoms with Gasteiger partial charge in [-0.15, -0.1) is 11.8 Å². The van der Waals surface area contributed by atoms with Gasteiger partial charge >= 0.3 is 0 Å². The smallest absolute Gasteiger partial charge is 0.138 e. The molecule has 1 aliphatic rings. The Balaban J connectivity index is 1.82. The standard InChI is InChI=1S/C20H22N2OS/c1-3-24-15-6-7-19(23-12-14-4-5-14)18(11-15)17-10-13(2)22-20-16(17)8-9-21-20/h6-11,14H,3-5,12H2,1-2H3,(H,21,22). The molecule has 3 nitrogen and oxygen atoms in total. The summed E-state index contributed by atoms with van der Waals surface area (Å²) in [4.78, 5) is 9.11. The Morgan fingerprint density at radius 3 is 2.88 bits per heavy atom. The number of aryl methyl sites for hydroxylation is 1. The van der Waals surface area contributed by atoms with Crippen LogP contribution in [0.4, 0.5) is 0 Å². The van der Waals surface area contributed by atoms with Crippen LogP contribution in [0.5, 0.6) is 5.75 Å². The highest BCUT2D eigenvalue weighted by Gasteiger charge is 2.23. The third-order valence-electron chi connectivity index (χ3n) is 4.38. The van der Waals surface area contributed by atoms with Crippen LogP contribution < -0.4 is 4.74 Å². The van der Waals surface area contributed by atoms with Crippen molar-refractivity contribution in [3.8, 4) is 16.9 Å². The lowest BCUT2D eigenvalue weighted by Crippen LogP contribution is -2.01. The van der Waals surface area contributed by atoms with Crippen LogP contribution in [0.25, 0.3) is 22.2 Å². The van der Waals surface area contributed by atoms with E-state index in [0.717, 1.165) is 40.8 Å². The molecular formula is C20H22N2OS. The van der Waals surface area contributed by atoms with Crippen molar-refractivity contribution in [2.24, 2.45) is 5.92 Å². The van der Waals surface area contributed by atoms with Crippen molar-refractivity contribution in [3.05, 3.63) is 42.2 Å². The fourth-order valence-corrected chi connectivity index (χ4v) is 3.68. The van der Waals surface area contributed by atoms with Crippen LogP contribution >= 0.6 is 11.8 Å². The normalized spacial score (nSPS) is 14.2. The first-order chi connectivity index (χ1) is 11.7. The van der Waals surface area contributed by atoms with Gasteiger partial charge in [-0.05, 0) is 67.3 Å². The van der Waals surface area contributed by atoms with Crippen molar-refractivity contribution in [2.45, 2.75) is 31.6 Å². The van der Waals surface area contributed by atoms with E-state index in [4.69, 9.17) is 4.74 Å². The average Bonchev–Trinajstić information content (AvgIpc) is 3.29. The number of fused-ring (bicyclic) bond motifs is 1. The molecule has 0 radical (unpaired) electrons. The average molecular weight is 338 g/mol. The van der Waals surface area contributed by atoms with E-state index >= 15 is 0 Å². The van der Waals surface area contributed by atoms with E-state index in [1.165, 1.54) is 28.9 Å². The van der Waals surface area contributed by atoms with Crippen molar-refractivity contribution in [3.63, 3.8) is 0 Å². The minimum absolute atomic E-state index is 0.744. The summed E-state index contributed by atoms with van der Waals surface area (Å²) >= 11 is 1.86. The van der Waals surface area contributed by atoms with Gasteiger partial charge in [-0.25, -0.2) is 4.98 Å². The van der Waals surface area contributed by atoms with E-state index < -0.39 is 0 Å². The van der Waals surface area contributed by atoms with Gasteiger partial charge in [0.05, 0.1) is 6.61 Å². The zero-order chi connectivity index (χ0) is 16.5. The number of aromatic nitrogens is 2. The molecule has 2 aromatic heterocycles. The van der Waals surface area contributed by atoms with E-state index in [-0.39, 0.29) is 0 Å². The molecule has 4 rings (SSSR count). The Morgan fingerprint density at radius 2 is 2.08 bits per heavy atom. The number of aromatic amines is 1. The first-order valence-electron chi connectivity index (χ1n) is 8.59. The van der Waals surface area contributed by atoms with Gasteiger partial charge in [0.2, 0.25) is 0 Å². The lowest BCUT2D eigenvalue weighted by molar-refractivity contribution is 0.301. The predicted molar refractivity (Wildman–Crippen MR) is 101 cm³/mol. The van der Waals surface area contributed by atoms with Gasteiger partial charge in [-0.2, -0.15) is 0 Å². The number of rotatable bonds is 6. The fourth-order valence-electron chi connectivity index (χ4n) is 2.98. The molecule has 0 amide bonds. The van der Waals surface area contributed by atoms with Crippen LogP contribution in [0.1, 0.15) is 25.5 Å². The highest BCUT2D eigenvalue weighted by Crippen LogP contribution is 2.39. The molecule has 0 aliphatic heterocycles. The molecule has 1 N–H and O–H groups in total. The number of nitrogens with zero attached hydrogens (tertiary/aromatic N) is 1. The zero-order valence-electron chi connectivity index (χ0n) is 14.1. The summed E-state index contributed by atoms with van der Waals surface area (Å²) in [5.74, 6) is 2.79. The fraction of sp³-hybridized carbons (Fsp3) is 0.350. The summed E-state index contributed by atoms with van der Waals surface area (Å²) in [7, 11) is 0. The second-order valence-electron chi connectivity index (χ2n) is 6.40. The maximum atomic E-state index is 6.17. The minimum atomic E-state index is 0.744. The number of hydrogen-bond donors (Lipinski definition) is 1. The molecule has 1 fully saturated rings. The van der Waals surface area contributed by atoms with Crippen LogP contribution in [-0.4, -0.2) is 22.3 Å². The summed E-state index contributed by atoms with van der Waals surface area (Å²) in [6.45, 7) is 5.05. The first-order valence-corrected chi connectivity index (χ1v) is 9.58. The van der Waals surface area contributed by atoms with Crippen molar-refractivity contribution in [1.29, 1.82) is 0 Å². The number of pyridine rings is 1. The highest BCUT2D eigenvalue weighted by atomic mass is 32.2. The molecule has 3 aromatic rings. The van der Waals surface area contributed by atoms with Gasteiger partial charge in [0.25, 0.3) is 0 Å². The first kappa shape index (κ1) is 15.6. The maximum Gasteiger partial charge on any atom is 0.138 e. The van der Waals surface area contributed by atoms with Crippen LogP contribution in [-0.2, 0) is 0 Å². The number of nitrogens with one attached hydrogen (secondary N) is 1. The second-order valence-corrected chi connectivity index (χ2v) is 7.73. The number of H-pyrrole nitrogens is 1. The van der Waals surface area contributed by atoms with Gasteiger partial charge in [0, 0.05) is 27.7 Å². The maximum absolute atomic E-state index is 6.17. The molecule has 0 bridgehead atoms. The third-order valence-corrected chi connectivity index (χ3v) is 5.26. The largest absolute Gasteiger partial charge is 0.493 e. The lowest BCUT2D eigenvalue weighted by atomic mass is 10.0. The third kappa shape index (κ3) is 3.16. The number of thioether (sulfide) groups is 1. The Labute approximate surface area is 146 Å².